The van der Waals surface area contributed by atoms with E-state index in [1.807, 2.05) is 37.3 Å². The Morgan fingerprint density at radius 3 is 2.60 bits per heavy atom. The molecule has 2 N–H and O–H groups in total. The molecule has 106 valence electrons. The fourth-order valence-electron chi connectivity index (χ4n) is 2.06. The van der Waals surface area contributed by atoms with Gasteiger partial charge in [-0.1, -0.05) is 36.4 Å². The van der Waals surface area contributed by atoms with Crippen molar-refractivity contribution < 1.29 is 9.47 Å². The van der Waals surface area contributed by atoms with Gasteiger partial charge in [0, 0.05) is 18.7 Å². The van der Waals surface area contributed by atoms with Gasteiger partial charge in [-0.15, -0.1) is 0 Å². The molecule has 0 aliphatic rings. The second-order valence-corrected chi connectivity index (χ2v) is 4.75. The maximum Gasteiger partial charge on any atom is 0.127 e. The maximum atomic E-state index is 5.95. The van der Waals surface area contributed by atoms with E-state index in [1.165, 1.54) is 0 Å². The number of rotatable bonds is 6. The Bertz CT molecular complexity index is 552. The third-order valence-corrected chi connectivity index (χ3v) is 3.16. The molecule has 0 radical (unpaired) electrons. The molecule has 2 aromatic rings. The van der Waals surface area contributed by atoms with E-state index in [2.05, 4.69) is 18.2 Å². The monoisotopic (exact) mass is 271 g/mol. The lowest BCUT2D eigenvalue weighted by Gasteiger charge is -2.13. The zero-order valence-electron chi connectivity index (χ0n) is 12.0. The quantitative estimate of drug-likeness (QED) is 0.819. The van der Waals surface area contributed by atoms with Crippen molar-refractivity contribution in [3.8, 4) is 16.9 Å². The molecule has 1 atom stereocenters. The summed E-state index contributed by atoms with van der Waals surface area (Å²) < 4.78 is 10.8. The first-order chi connectivity index (χ1) is 9.72. The summed E-state index contributed by atoms with van der Waals surface area (Å²) >= 11 is 0. The van der Waals surface area contributed by atoms with Crippen LogP contribution in [-0.2, 0) is 4.74 Å². The molecule has 0 bridgehead atoms. The molecule has 2 aromatic carbocycles. The van der Waals surface area contributed by atoms with Crippen LogP contribution in [0.2, 0.25) is 0 Å². The number of benzene rings is 2. The first kappa shape index (κ1) is 14.6. The Morgan fingerprint density at radius 2 is 1.85 bits per heavy atom. The van der Waals surface area contributed by atoms with Crippen molar-refractivity contribution >= 4 is 0 Å². The van der Waals surface area contributed by atoms with Crippen molar-refractivity contribution in [2.75, 3.05) is 20.3 Å². The zero-order chi connectivity index (χ0) is 14.4. The number of methoxy groups -OCH3 is 1. The van der Waals surface area contributed by atoms with Gasteiger partial charge in [0.15, 0.2) is 0 Å². The average molecular weight is 271 g/mol. The van der Waals surface area contributed by atoms with Crippen molar-refractivity contribution in [1.82, 2.24) is 0 Å². The molecule has 0 heterocycles. The van der Waals surface area contributed by atoms with Crippen molar-refractivity contribution in [2.45, 2.75) is 13.0 Å². The molecule has 0 spiro atoms. The van der Waals surface area contributed by atoms with Gasteiger partial charge in [0.1, 0.15) is 12.4 Å². The summed E-state index contributed by atoms with van der Waals surface area (Å²) in [6, 6.07) is 16.3. The van der Waals surface area contributed by atoms with Crippen LogP contribution in [0.15, 0.2) is 48.5 Å². The topological polar surface area (TPSA) is 44.5 Å². The minimum atomic E-state index is 0.0246. The van der Waals surface area contributed by atoms with Crippen molar-refractivity contribution in [1.29, 1.82) is 0 Å². The lowest BCUT2D eigenvalue weighted by Crippen LogP contribution is -2.06. The summed E-state index contributed by atoms with van der Waals surface area (Å²) in [5.74, 6) is 0.867. The van der Waals surface area contributed by atoms with Crippen molar-refractivity contribution in [3.05, 3.63) is 54.1 Å². The number of hydrogen-bond acceptors (Lipinski definition) is 3. The van der Waals surface area contributed by atoms with Gasteiger partial charge < -0.3 is 15.2 Å². The first-order valence-corrected chi connectivity index (χ1v) is 6.79. The highest BCUT2D eigenvalue weighted by atomic mass is 16.5. The van der Waals surface area contributed by atoms with Crippen LogP contribution < -0.4 is 10.5 Å². The molecule has 0 aromatic heterocycles. The van der Waals surface area contributed by atoms with Crippen LogP contribution in [0.25, 0.3) is 11.1 Å². The van der Waals surface area contributed by atoms with Crippen LogP contribution in [0.3, 0.4) is 0 Å². The average Bonchev–Trinajstić information content (AvgIpc) is 2.48. The minimum absolute atomic E-state index is 0.0246. The molecular formula is C17H21NO2. The van der Waals surface area contributed by atoms with E-state index in [0.717, 1.165) is 22.4 Å². The fourth-order valence-corrected chi connectivity index (χ4v) is 2.06. The molecule has 0 fully saturated rings. The number of ether oxygens (including phenoxy) is 2. The largest absolute Gasteiger partial charge is 0.491 e. The van der Waals surface area contributed by atoms with Crippen LogP contribution in [0, 0.1) is 0 Å². The van der Waals surface area contributed by atoms with Crippen LogP contribution >= 0.6 is 0 Å². The second-order valence-electron chi connectivity index (χ2n) is 4.75. The van der Waals surface area contributed by atoms with Crippen LogP contribution in [0.5, 0.6) is 5.75 Å². The molecular weight excluding hydrogens is 250 g/mol. The summed E-state index contributed by atoms with van der Waals surface area (Å²) in [6.45, 7) is 3.11. The normalized spacial score (nSPS) is 12.2. The Kier molecular flexibility index (Phi) is 5.16. The molecule has 0 aliphatic carbocycles. The Morgan fingerprint density at radius 1 is 1.05 bits per heavy atom. The highest BCUT2D eigenvalue weighted by Crippen LogP contribution is 2.31. The Balaban J connectivity index is 2.29. The predicted octanol–water partition coefficient (Wildman–Crippen LogP) is 3.40. The van der Waals surface area contributed by atoms with Gasteiger partial charge in [-0.05, 0) is 30.2 Å². The molecule has 20 heavy (non-hydrogen) atoms. The zero-order valence-corrected chi connectivity index (χ0v) is 12.0. The lowest BCUT2D eigenvalue weighted by atomic mass is 10.00. The molecule has 1 unspecified atom stereocenters. The fraction of sp³-hybridized carbons (Fsp3) is 0.294. The lowest BCUT2D eigenvalue weighted by molar-refractivity contribution is 0.146. The Labute approximate surface area is 120 Å². The van der Waals surface area contributed by atoms with E-state index >= 15 is 0 Å². The smallest absolute Gasteiger partial charge is 0.127 e. The van der Waals surface area contributed by atoms with Crippen LogP contribution in [-0.4, -0.2) is 20.3 Å². The first-order valence-electron chi connectivity index (χ1n) is 6.79. The van der Waals surface area contributed by atoms with E-state index in [9.17, 15) is 0 Å². The number of hydrogen-bond donors (Lipinski definition) is 1. The number of nitrogens with two attached hydrogens (primary N) is 1. The van der Waals surface area contributed by atoms with Crippen molar-refractivity contribution in [3.63, 3.8) is 0 Å². The van der Waals surface area contributed by atoms with E-state index in [4.69, 9.17) is 15.2 Å². The Hall–Kier alpha value is -1.84. The van der Waals surface area contributed by atoms with Crippen LogP contribution in [0.4, 0.5) is 0 Å². The standard InChI is InChI=1S/C17H21NO2/c1-13(18)14-6-5-7-15(12-14)16-8-3-4-9-17(16)20-11-10-19-2/h3-9,12-13H,10-11,18H2,1-2H3. The van der Waals surface area contributed by atoms with E-state index in [1.54, 1.807) is 7.11 Å². The molecule has 3 heteroatoms. The molecule has 3 nitrogen and oxygen atoms in total. The summed E-state index contributed by atoms with van der Waals surface area (Å²) in [6.07, 6.45) is 0. The summed E-state index contributed by atoms with van der Waals surface area (Å²) in [4.78, 5) is 0. The molecule has 2 rings (SSSR count). The summed E-state index contributed by atoms with van der Waals surface area (Å²) in [7, 11) is 1.67. The summed E-state index contributed by atoms with van der Waals surface area (Å²) in [5, 5.41) is 0. The molecule has 0 saturated carbocycles. The van der Waals surface area contributed by atoms with E-state index in [0.29, 0.717) is 13.2 Å². The van der Waals surface area contributed by atoms with Gasteiger partial charge in [-0.3, -0.25) is 0 Å². The third kappa shape index (κ3) is 3.59. The summed E-state index contributed by atoms with van der Waals surface area (Å²) in [5.41, 5.74) is 9.26. The van der Waals surface area contributed by atoms with Gasteiger partial charge in [0.05, 0.1) is 6.61 Å². The number of para-hydroxylation sites is 1. The predicted molar refractivity (Wildman–Crippen MR) is 81.9 cm³/mol. The molecule has 0 amide bonds. The van der Waals surface area contributed by atoms with E-state index in [-0.39, 0.29) is 6.04 Å². The van der Waals surface area contributed by atoms with Crippen molar-refractivity contribution in [2.24, 2.45) is 5.73 Å². The maximum absolute atomic E-state index is 5.95. The van der Waals surface area contributed by atoms with Gasteiger partial charge >= 0.3 is 0 Å². The third-order valence-electron chi connectivity index (χ3n) is 3.16. The van der Waals surface area contributed by atoms with Gasteiger partial charge in [-0.2, -0.15) is 0 Å². The minimum Gasteiger partial charge on any atom is -0.491 e. The molecule has 0 aliphatic heterocycles. The van der Waals surface area contributed by atoms with Gasteiger partial charge in [0.25, 0.3) is 0 Å². The SMILES string of the molecule is COCCOc1ccccc1-c1cccc(C(C)N)c1. The highest BCUT2D eigenvalue weighted by Gasteiger charge is 2.07. The highest BCUT2D eigenvalue weighted by molar-refractivity contribution is 5.71. The van der Waals surface area contributed by atoms with Gasteiger partial charge in [0.2, 0.25) is 0 Å². The molecule has 0 saturated heterocycles. The second kappa shape index (κ2) is 7.08. The van der Waals surface area contributed by atoms with E-state index < -0.39 is 0 Å². The van der Waals surface area contributed by atoms with Gasteiger partial charge in [-0.25, -0.2) is 0 Å². The van der Waals surface area contributed by atoms with Crippen LogP contribution in [0.1, 0.15) is 18.5 Å².